The fourth-order valence-electron chi connectivity index (χ4n) is 2.87. The number of hydrogen-bond acceptors (Lipinski definition) is 3. The SMILES string of the molecule is COc1ccc(C(c2ccc(C(C)(C)C)cc2)C(C)[N+](=O)[O-])cc1. The average Bonchev–Trinajstić information content (AvgIpc) is 2.55. The van der Waals surface area contributed by atoms with Crippen molar-refractivity contribution in [2.24, 2.45) is 0 Å². The predicted octanol–water partition coefficient (Wildman–Crippen LogP) is 4.79. The van der Waals surface area contributed by atoms with Gasteiger partial charge in [-0.05, 0) is 34.2 Å². The van der Waals surface area contributed by atoms with E-state index in [1.54, 1.807) is 14.0 Å². The average molecular weight is 327 g/mol. The first kappa shape index (κ1) is 18.0. The van der Waals surface area contributed by atoms with Crippen molar-refractivity contribution in [3.63, 3.8) is 0 Å². The molecule has 0 saturated carbocycles. The van der Waals surface area contributed by atoms with Gasteiger partial charge >= 0.3 is 0 Å². The van der Waals surface area contributed by atoms with Gasteiger partial charge in [-0.25, -0.2) is 0 Å². The molecule has 0 saturated heterocycles. The maximum Gasteiger partial charge on any atom is 0.221 e. The Morgan fingerprint density at radius 3 is 1.79 bits per heavy atom. The smallest absolute Gasteiger partial charge is 0.221 e. The second kappa shape index (κ2) is 7.04. The summed E-state index contributed by atoms with van der Waals surface area (Å²) < 4.78 is 5.18. The van der Waals surface area contributed by atoms with Crippen LogP contribution < -0.4 is 4.74 Å². The molecule has 0 aliphatic heterocycles. The number of ether oxygens (including phenoxy) is 1. The van der Waals surface area contributed by atoms with Crippen molar-refractivity contribution in [3.05, 3.63) is 75.3 Å². The summed E-state index contributed by atoms with van der Waals surface area (Å²) in [6.07, 6.45) is 0. The maximum absolute atomic E-state index is 11.4. The molecule has 2 aromatic rings. The van der Waals surface area contributed by atoms with Gasteiger partial charge in [0, 0.05) is 11.8 Å². The lowest BCUT2D eigenvalue weighted by Gasteiger charge is -2.22. The quantitative estimate of drug-likeness (QED) is 0.586. The summed E-state index contributed by atoms with van der Waals surface area (Å²) in [5, 5.41) is 11.4. The van der Waals surface area contributed by atoms with Gasteiger partial charge in [-0.15, -0.1) is 0 Å². The summed E-state index contributed by atoms with van der Waals surface area (Å²) >= 11 is 0. The van der Waals surface area contributed by atoms with Gasteiger partial charge in [0.2, 0.25) is 6.04 Å². The van der Waals surface area contributed by atoms with Gasteiger partial charge in [0.05, 0.1) is 13.0 Å². The van der Waals surface area contributed by atoms with Gasteiger partial charge in [0.15, 0.2) is 0 Å². The van der Waals surface area contributed by atoms with Crippen molar-refractivity contribution in [1.82, 2.24) is 0 Å². The molecule has 0 radical (unpaired) electrons. The van der Waals surface area contributed by atoms with Crippen molar-refractivity contribution < 1.29 is 9.66 Å². The Hall–Kier alpha value is -2.36. The Balaban J connectivity index is 2.44. The minimum Gasteiger partial charge on any atom is -0.497 e. The van der Waals surface area contributed by atoms with Crippen molar-refractivity contribution in [2.75, 3.05) is 7.11 Å². The zero-order chi connectivity index (χ0) is 17.9. The standard InChI is InChI=1S/C20H25NO3/c1-14(21(22)23)19(16-8-12-18(24-5)13-9-16)15-6-10-17(11-7-15)20(2,3)4/h6-14,19H,1-5H3. The van der Waals surface area contributed by atoms with Crippen LogP contribution in [0.25, 0.3) is 0 Å². The third kappa shape index (κ3) is 3.94. The molecule has 0 spiro atoms. The first-order valence-corrected chi connectivity index (χ1v) is 8.12. The zero-order valence-electron chi connectivity index (χ0n) is 14.9. The summed E-state index contributed by atoms with van der Waals surface area (Å²) in [5.74, 6) is 0.453. The molecule has 24 heavy (non-hydrogen) atoms. The summed E-state index contributed by atoms with van der Waals surface area (Å²) in [7, 11) is 1.61. The normalized spacial score (nSPS) is 14.0. The Morgan fingerprint density at radius 2 is 1.42 bits per heavy atom. The Morgan fingerprint density at radius 1 is 0.958 bits per heavy atom. The molecule has 0 N–H and O–H groups in total. The van der Waals surface area contributed by atoms with Gasteiger partial charge in [0.25, 0.3) is 0 Å². The van der Waals surface area contributed by atoms with Gasteiger partial charge in [-0.2, -0.15) is 0 Å². The number of rotatable bonds is 5. The van der Waals surface area contributed by atoms with Gasteiger partial charge < -0.3 is 4.74 Å². The number of benzene rings is 2. The van der Waals surface area contributed by atoms with E-state index in [9.17, 15) is 10.1 Å². The molecule has 4 heteroatoms. The molecular weight excluding hydrogens is 302 g/mol. The molecule has 4 nitrogen and oxygen atoms in total. The monoisotopic (exact) mass is 327 g/mol. The number of nitrogens with zero attached hydrogens (tertiary/aromatic N) is 1. The van der Waals surface area contributed by atoms with Crippen molar-refractivity contribution in [2.45, 2.75) is 45.1 Å². The Labute approximate surface area is 143 Å². The minimum absolute atomic E-state index is 0.0584. The van der Waals surface area contributed by atoms with Crippen LogP contribution in [0.1, 0.15) is 50.3 Å². The third-order valence-electron chi connectivity index (χ3n) is 4.43. The van der Waals surface area contributed by atoms with E-state index in [2.05, 4.69) is 32.9 Å². The summed E-state index contributed by atoms with van der Waals surface area (Å²) in [5.41, 5.74) is 3.15. The fraction of sp³-hybridized carbons (Fsp3) is 0.400. The topological polar surface area (TPSA) is 52.4 Å². The van der Waals surface area contributed by atoms with E-state index in [0.29, 0.717) is 0 Å². The summed E-state index contributed by atoms with van der Waals surface area (Å²) in [6.45, 7) is 8.13. The molecule has 0 bridgehead atoms. The van der Waals surface area contributed by atoms with Crippen LogP contribution in [0.5, 0.6) is 5.75 Å². The Bertz CT molecular complexity index is 684. The first-order chi connectivity index (χ1) is 11.2. The number of hydrogen-bond donors (Lipinski definition) is 0. The van der Waals surface area contributed by atoms with E-state index in [1.807, 2.05) is 36.4 Å². The van der Waals surface area contributed by atoms with Gasteiger partial charge in [-0.3, -0.25) is 10.1 Å². The van der Waals surface area contributed by atoms with E-state index < -0.39 is 6.04 Å². The van der Waals surface area contributed by atoms with Gasteiger partial charge in [0.1, 0.15) is 5.75 Å². The van der Waals surface area contributed by atoms with Gasteiger partial charge in [-0.1, -0.05) is 57.2 Å². The van der Waals surface area contributed by atoms with E-state index in [-0.39, 0.29) is 16.3 Å². The molecule has 0 aliphatic carbocycles. The van der Waals surface area contributed by atoms with Crippen molar-refractivity contribution >= 4 is 0 Å². The first-order valence-electron chi connectivity index (χ1n) is 8.12. The van der Waals surface area contributed by atoms with Crippen LogP contribution >= 0.6 is 0 Å². The zero-order valence-corrected chi connectivity index (χ0v) is 14.9. The highest BCUT2D eigenvalue weighted by Gasteiger charge is 2.30. The van der Waals surface area contributed by atoms with Crippen LogP contribution in [0.2, 0.25) is 0 Å². The molecule has 0 fully saturated rings. The van der Waals surface area contributed by atoms with E-state index in [0.717, 1.165) is 16.9 Å². The molecule has 0 aromatic heterocycles. The largest absolute Gasteiger partial charge is 0.497 e. The third-order valence-corrected chi connectivity index (χ3v) is 4.43. The molecule has 2 aromatic carbocycles. The highest BCUT2D eigenvalue weighted by molar-refractivity contribution is 5.39. The lowest BCUT2D eigenvalue weighted by molar-refractivity contribution is -0.520. The minimum atomic E-state index is -0.709. The fourth-order valence-corrected chi connectivity index (χ4v) is 2.87. The lowest BCUT2D eigenvalue weighted by Crippen LogP contribution is -2.25. The summed E-state index contributed by atoms with van der Waals surface area (Å²) in [6, 6.07) is 14.9. The van der Waals surface area contributed by atoms with E-state index >= 15 is 0 Å². The highest BCUT2D eigenvalue weighted by Crippen LogP contribution is 2.32. The molecule has 128 valence electrons. The number of nitro groups is 1. The van der Waals surface area contributed by atoms with Crippen LogP contribution in [0.15, 0.2) is 48.5 Å². The van der Waals surface area contributed by atoms with Crippen molar-refractivity contribution in [3.8, 4) is 5.75 Å². The second-order valence-corrected chi connectivity index (χ2v) is 7.15. The second-order valence-electron chi connectivity index (χ2n) is 7.15. The maximum atomic E-state index is 11.4. The highest BCUT2D eigenvalue weighted by atomic mass is 16.6. The Kier molecular flexibility index (Phi) is 5.27. The predicted molar refractivity (Wildman–Crippen MR) is 96.4 cm³/mol. The molecule has 2 unspecified atom stereocenters. The number of methoxy groups -OCH3 is 1. The van der Waals surface area contributed by atoms with Crippen LogP contribution in [0, 0.1) is 10.1 Å². The van der Waals surface area contributed by atoms with Crippen LogP contribution in [0.3, 0.4) is 0 Å². The molecule has 2 rings (SSSR count). The molecular formula is C20H25NO3. The molecule has 0 amide bonds. The molecule has 0 aliphatic rings. The van der Waals surface area contributed by atoms with Crippen LogP contribution in [0.4, 0.5) is 0 Å². The van der Waals surface area contributed by atoms with E-state index in [1.165, 1.54) is 5.56 Å². The van der Waals surface area contributed by atoms with Crippen molar-refractivity contribution in [1.29, 1.82) is 0 Å². The molecule has 2 atom stereocenters. The summed E-state index contributed by atoms with van der Waals surface area (Å²) in [4.78, 5) is 11.2. The van der Waals surface area contributed by atoms with Crippen LogP contribution in [-0.4, -0.2) is 18.1 Å². The van der Waals surface area contributed by atoms with Crippen LogP contribution in [-0.2, 0) is 5.41 Å². The molecule has 0 heterocycles. The lowest BCUT2D eigenvalue weighted by atomic mass is 9.82. The van der Waals surface area contributed by atoms with E-state index in [4.69, 9.17) is 4.74 Å².